The molecule has 0 aliphatic heterocycles. The third-order valence-corrected chi connectivity index (χ3v) is 1.74. The van der Waals surface area contributed by atoms with Crippen molar-refractivity contribution in [3.05, 3.63) is 0 Å². The Bertz CT molecular complexity index is 55.3. The summed E-state index contributed by atoms with van der Waals surface area (Å²) in [6, 6.07) is 0.648. The Kier molecular flexibility index (Phi) is 0.153. The number of rotatable bonds is 0. The van der Waals surface area contributed by atoms with E-state index in [0.29, 0.717) is 6.04 Å². The van der Waals surface area contributed by atoms with Gasteiger partial charge in [0.25, 0.3) is 0 Å². The first-order valence-electron chi connectivity index (χ1n) is 2.15. The fraction of sp³-hybridized carbons (Fsp3) is 1.00. The van der Waals surface area contributed by atoms with Crippen LogP contribution in [0, 0.1) is 11.8 Å². The van der Waals surface area contributed by atoms with Gasteiger partial charge < -0.3 is 5.73 Å². The summed E-state index contributed by atoms with van der Waals surface area (Å²) in [6.45, 7) is 0. The van der Waals surface area contributed by atoms with Crippen LogP contribution in [0.25, 0.3) is 0 Å². The Balaban J connectivity index is 2.19. The molecule has 0 spiro atoms. The molecule has 2 N–H and O–H groups in total. The lowest BCUT2D eigenvalue weighted by Crippen LogP contribution is -2.07. The predicted octanol–water partition coefficient (Wildman–Crippen LogP) is -0.0366. The maximum absolute atomic E-state index is 5.42. The summed E-state index contributed by atoms with van der Waals surface area (Å²) in [4.78, 5) is 0. The molecule has 1 nitrogen and oxygen atoms in total. The molecule has 1 unspecified atom stereocenters. The quantitative estimate of drug-likeness (QED) is 0.424. The molecule has 5 heavy (non-hydrogen) atoms. The van der Waals surface area contributed by atoms with E-state index in [-0.39, 0.29) is 0 Å². The lowest BCUT2D eigenvalue weighted by molar-refractivity contribution is 0.759. The normalized spacial score (nSPS) is 70.2. The van der Waals surface area contributed by atoms with Crippen molar-refractivity contribution in [1.29, 1.82) is 0 Å². The number of hydrogen-bond donors (Lipinski definition) is 1. The molecule has 28 valence electrons. The van der Waals surface area contributed by atoms with Crippen LogP contribution in [0.4, 0.5) is 0 Å². The highest BCUT2D eigenvalue weighted by atomic mass is 14.9. The summed E-state index contributed by atoms with van der Waals surface area (Å²) in [5, 5.41) is 0. The largest absolute Gasteiger partial charge is 0.327 e. The Hall–Kier alpha value is -0.0400. The molecule has 0 heterocycles. The van der Waals surface area contributed by atoms with Crippen molar-refractivity contribution in [3.63, 3.8) is 0 Å². The average Bonchev–Trinajstić information content (AvgIpc) is 2.11. The molecule has 2 aliphatic rings. The first-order valence-corrected chi connectivity index (χ1v) is 2.15. The van der Waals surface area contributed by atoms with E-state index < -0.39 is 0 Å². The lowest BCUT2D eigenvalue weighted by Gasteiger charge is -1.83. The number of fused-ring (bicyclic) bond motifs is 1. The highest BCUT2D eigenvalue weighted by molar-refractivity contribution is 5.15. The van der Waals surface area contributed by atoms with Crippen LogP contribution in [0.5, 0.6) is 0 Å². The fourth-order valence-corrected chi connectivity index (χ4v) is 0.829. The summed E-state index contributed by atoms with van der Waals surface area (Å²) >= 11 is 0. The Morgan fingerprint density at radius 2 is 1.80 bits per heavy atom. The van der Waals surface area contributed by atoms with Gasteiger partial charge >= 0.3 is 0 Å². The maximum Gasteiger partial charge on any atom is 0.0102 e. The van der Waals surface area contributed by atoms with Gasteiger partial charge in [-0.3, -0.25) is 0 Å². The van der Waals surface area contributed by atoms with E-state index in [0.717, 1.165) is 11.8 Å². The van der Waals surface area contributed by atoms with Crippen LogP contribution in [0.1, 0.15) is 6.42 Å². The predicted molar refractivity (Wildman–Crippen MR) is 19.6 cm³/mol. The van der Waals surface area contributed by atoms with E-state index in [1.165, 1.54) is 6.42 Å². The summed E-state index contributed by atoms with van der Waals surface area (Å²) in [5.41, 5.74) is 5.42. The van der Waals surface area contributed by atoms with Gasteiger partial charge in [-0.1, -0.05) is 0 Å². The van der Waals surface area contributed by atoms with Gasteiger partial charge in [0.1, 0.15) is 0 Å². The SMILES string of the molecule is NC1[C@H]2C[C@@H]12. The van der Waals surface area contributed by atoms with Crippen molar-refractivity contribution in [3.8, 4) is 0 Å². The highest BCUT2D eigenvalue weighted by Crippen LogP contribution is 2.60. The molecule has 0 saturated heterocycles. The highest BCUT2D eigenvalue weighted by Gasteiger charge is 2.62. The standard InChI is InChI=1S/C4H7N/c5-4-2-1-3(2)4/h2-4H,1,5H2/t2-,3+,4?. The average molecular weight is 69.1 g/mol. The molecule has 2 fully saturated rings. The zero-order valence-electron chi connectivity index (χ0n) is 3.02. The molecule has 0 aromatic rings. The molecule has 0 radical (unpaired) electrons. The van der Waals surface area contributed by atoms with Crippen LogP contribution >= 0.6 is 0 Å². The molecule has 0 amide bonds. The van der Waals surface area contributed by atoms with Crippen LogP contribution < -0.4 is 5.73 Å². The zero-order valence-corrected chi connectivity index (χ0v) is 3.02. The van der Waals surface area contributed by atoms with E-state index in [4.69, 9.17) is 5.73 Å². The molecule has 0 aromatic carbocycles. The van der Waals surface area contributed by atoms with Gasteiger partial charge in [0.15, 0.2) is 0 Å². The summed E-state index contributed by atoms with van der Waals surface area (Å²) < 4.78 is 0. The lowest BCUT2D eigenvalue weighted by atomic mass is 10.4. The van der Waals surface area contributed by atoms with Gasteiger partial charge in [0.2, 0.25) is 0 Å². The molecule has 2 rings (SSSR count). The third kappa shape index (κ3) is 0.106. The summed E-state index contributed by atoms with van der Waals surface area (Å²) in [5.74, 6) is 1.99. The molecule has 3 atom stereocenters. The second kappa shape index (κ2) is 0.350. The van der Waals surface area contributed by atoms with Crippen LogP contribution in [0.15, 0.2) is 0 Å². The fourth-order valence-electron chi connectivity index (χ4n) is 0.829. The second-order valence-electron chi connectivity index (χ2n) is 2.14. The van der Waals surface area contributed by atoms with E-state index in [2.05, 4.69) is 0 Å². The van der Waals surface area contributed by atoms with Crippen molar-refractivity contribution in [2.75, 3.05) is 0 Å². The Morgan fingerprint density at radius 1 is 1.40 bits per heavy atom. The van der Waals surface area contributed by atoms with Crippen molar-refractivity contribution < 1.29 is 0 Å². The van der Waals surface area contributed by atoms with Crippen LogP contribution in [-0.4, -0.2) is 6.04 Å². The molecular weight excluding hydrogens is 62.1 g/mol. The Morgan fingerprint density at radius 3 is 1.80 bits per heavy atom. The molecule has 0 aromatic heterocycles. The third-order valence-electron chi connectivity index (χ3n) is 1.74. The smallest absolute Gasteiger partial charge is 0.0102 e. The van der Waals surface area contributed by atoms with Crippen molar-refractivity contribution in [1.82, 2.24) is 0 Å². The zero-order chi connectivity index (χ0) is 3.44. The second-order valence-corrected chi connectivity index (χ2v) is 2.14. The topological polar surface area (TPSA) is 26.0 Å². The van der Waals surface area contributed by atoms with Gasteiger partial charge in [-0.05, 0) is 18.3 Å². The molecule has 0 bridgehead atoms. The molecular formula is C4H7N. The van der Waals surface area contributed by atoms with Gasteiger partial charge in [-0.25, -0.2) is 0 Å². The van der Waals surface area contributed by atoms with Crippen LogP contribution in [0.2, 0.25) is 0 Å². The van der Waals surface area contributed by atoms with Gasteiger partial charge in [-0.2, -0.15) is 0 Å². The Labute approximate surface area is 31.2 Å². The van der Waals surface area contributed by atoms with E-state index in [1.54, 1.807) is 0 Å². The monoisotopic (exact) mass is 69.1 g/mol. The van der Waals surface area contributed by atoms with E-state index in [9.17, 15) is 0 Å². The van der Waals surface area contributed by atoms with E-state index in [1.807, 2.05) is 0 Å². The van der Waals surface area contributed by atoms with E-state index >= 15 is 0 Å². The van der Waals surface area contributed by atoms with Crippen molar-refractivity contribution >= 4 is 0 Å². The number of hydrogen-bond acceptors (Lipinski definition) is 1. The molecule has 2 aliphatic carbocycles. The van der Waals surface area contributed by atoms with Gasteiger partial charge in [0.05, 0.1) is 0 Å². The summed E-state index contributed by atoms with van der Waals surface area (Å²) in [6.07, 6.45) is 1.45. The summed E-state index contributed by atoms with van der Waals surface area (Å²) in [7, 11) is 0. The minimum atomic E-state index is 0.648. The van der Waals surface area contributed by atoms with Crippen molar-refractivity contribution in [2.45, 2.75) is 12.5 Å². The van der Waals surface area contributed by atoms with Crippen LogP contribution in [0.3, 0.4) is 0 Å². The number of nitrogens with two attached hydrogens (primary N) is 1. The molecule has 2 saturated carbocycles. The first-order chi connectivity index (χ1) is 2.39. The molecule has 1 heteroatoms. The van der Waals surface area contributed by atoms with Crippen molar-refractivity contribution in [2.24, 2.45) is 17.6 Å². The van der Waals surface area contributed by atoms with Crippen LogP contribution in [-0.2, 0) is 0 Å². The minimum Gasteiger partial charge on any atom is -0.327 e. The van der Waals surface area contributed by atoms with Gasteiger partial charge in [0, 0.05) is 6.04 Å². The minimum absolute atomic E-state index is 0.648. The van der Waals surface area contributed by atoms with Gasteiger partial charge in [-0.15, -0.1) is 0 Å². The first kappa shape index (κ1) is 2.19. The maximum atomic E-state index is 5.42.